The number of aryl methyl sites for hydroxylation is 1. The van der Waals surface area contributed by atoms with Crippen molar-refractivity contribution in [2.24, 2.45) is 7.05 Å². The summed E-state index contributed by atoms with van der Waals surface area (Å²) in [5.74, 6) is -0.435. The molecule has 1 amide bonds. The van der Waals surface area contributed by atoms with Crippen LogP contribution in [0.3, 0.4) is 0 Å². The minimum atomic E-state index is -0.831. The van der Waals surface area contributed by atoms with Gasteiger partial charge in [-0.05, 0) is 35.9 Å². The number of aliphatic hydroxyl groups excluding tert-OH is 1. The number of hydrogen-bond acceptors (Lipinski definition) is 6. The first-order valence-electron chi connectivity index (χ1n) is 10.2. The number of fused-ring (bicyclic) bond motifs is 1. The highest BCUT2D eigenvalue weighted by Gasteiger charge is 2.17. The van der Waals surface area contributed by atoms with Crippen molar-refractivity contribution in [3.8, 4) is 0 Å². The molecule has 0 aliphatic rings. The molecule has 1 aromatic carbocycles. The van der Waals surface area contributed by atoms with Gasteiger partial charge in [0.25, 0.3) is 5.91 Å². The van der Waals surface area contributed by atoms with Crippen LogP contribution in [-0.2, 0) is 24.9 Å². The number of carbonyl (C=O) groups excluding carboxylic acids is 1. The summed E-state index contributed by atoms with van der Waals surface area (Å²) in [6.45, 7) is 0.610. The first-order chi connectivity index (χ1) is 15.9. The van der Waals surface area contributed by atoms with E-state index >= 15 is 0 Å². The number of aromatic nitrogens is 2. The van der Waals surface area contributed by atoms with E-state index in [0.717, 1.165) is 15.3 Å². The number of nitrogens with zero attached hydrogens (tertiary/aromatic N) is 2. The van der Waals surface area contributed by atoms with E-state index in [4.69, 9.17) is 16.3 Å². The van der Waals surface area contributed by atoms with Gasteiger partial charge in [0, 0.05) is 35.9 Å². The maximum absolute atomic E-state index is 13.0. The molecule has 0 fully saturated rings. The maximum Gasteiger partial charge on any atom is 0.257 e. The van der Waals surface area contributed by atoms with Gasteiger partial charge in [0.2, 0.25) is 5.43 Å². The third kappa shape index (κ3) is 5.48. The maximum atomic E-state index is 13.0. The van der Waals surface area contributed by atoms with Crippen LogP contribution in [0.2, 0.25) is 5.02 Å². The molecule has 3 aromatic heterocycles. The smallest absolute Gasteiger partial charge is 0.257 e. The van der Waals surface area contributed by atoms with Crippen LogP contribution >= 0.6 is 22.9 Å². The van der Waals surface area contributed by atoms with Gasteiger partial charge in [0.15, 0.2) is 0 Å². The van der Waals surface area contributed by atoms with Gasteiger partial charge in [0.1, 0.15) is 16.5 Å². The van der Waals surface area contributed by atoms with Crippen LogP contribution < -0.4 is 10.7 Å². The van der Waals surface area contributed by atoms with Crippen LogP contribution in [0.5, 0.6) is 0 Å². The average Bonchev–Trinajstić information content (AvgIpc) is 3.26. The first-order valence-corrected chi connectivity index (χ1v) is 11.4. The quantitative estimate of drug-likeness (QED) is 0.397. The minimum absolute atomic E-state index is 0.0785. The van der Waals surface area contributed by atoms with E-state index in [1.807, 2.05) is 12.1 Å². The zero-order chi connectivity index (χ0) is 23.4. The Hall–Kier alpha value is -3.04. The molecule has 0 aliphatic heterocycles. The van der Waals surface area contributed by atoms with Gasteiger partial charge < -0.3 is 19.7 Å². The Balaban J connectivity index is 1.44. The van der Waals surface area contributed by atoms with Gasteiger partial charge in [-0.15, -0.1) is 11.3 Å². The Morgan fingerprint density at radius 3 is 2.79 bits per heavy atom. The predicted octanol–water partition coefficient (Wildman–Crippen LogP) is 3.83. The van der Waals surface area contributed by atoms with Gasteiger partial charge in [-0.25, -0.2) is 0 Å². The lowest BCUT2D eigenvalue weighted by Crippen LogP contribution is -2.29. The first kappa shape index (κ1) is 23.1. The molecule has 0 aliphatic carbocycles. The van der Waals surface area contributed by atoms with Crippen LogP contribution in [0.1, 0.15) is 32.6 Å². The number of ether oxygens (including phenoxy) is 1. The highest BCUT2D eigenvalue weighted by molar-refractivity contribution is 7.18. The van der Waals surface area contributed by atoms with E-state index in [2.05, 4.69) is 10.3 Å². The topological polar surface area (TPSA) is 93.5 Å². The number of hydrogen-bond donors (Lipinski definition) is 2. The summed E-state index contributed by atoms with van der Waals surface area (Å²) in [6.07, 6.45) is 2.33. The van der Waals surface area contributed by atoms with Crippen molar-refractivity contribution in [1.82, 2.24) is 14.9 Å². The van der Waals surface area contributed by atoms with E-state index in [-0.39, 0.29) is 24.2 Å². The fourth-order valence-electron chi connectivity index (χ4n) is 3.35. The number of benzene rings is 1. The predicted molar refractivity (Wildman–Crippen MR) is 129 cm³/mol. The number of aliphatic hydroxyl groups is 1. The summed E-state index contributed by atoms with van der Waals surface area (Å²) in [5, 5.41) is 14.0. The lowest BCUT2D eigenvalue weighted by molar-refractivity contribution is 0.0267. The van der Waals surface area contributed by atoms with Crippen LogP contribution in [0.15, 0.2) is 65.7 Å². The molecule has 0 saturated heterocycles. The highest BCUT2D eigenvalue weighted by Crippen LogP contribution is 2.24. The molecule has 170 valence electrons. The molecule has 3 heterocycles. The molecule has 0 saturated carbocycles. The van der Waals surface area contributed by atoms with Crippen LogP contribution in [0, 0.1) is 0 Å². The third-order valence-electron chi connectivity index (χ3n) is 5.06. The number of thiophene rings is 1. The van der Waals surface area contributed by atoms with Crippen molar-refractivity contribution >= 4 is 39.1 Å². The highest BCUT2D eigenvalue weighted by atomic mass is 35.5. The Kier molecular flexibility index (Phi) is 7.20. The molecule has 1 atom stereocenters. The monoisotopic (exact) mass is 483 g/mol. The summed E-state index contributed by atoms with van der Waals surface area (Å²) < 4.78 is 7.41. The molecule has 4 aromatic rings. The number of carbonyl (C=O) groups is 1. The summed E-state index contributed by atoms with van der Waals surface area (Å²) >= 11 is 7.30. The fourth-order valence-corrected chi connectivity index (χ4v) is 4.51. The van der Waals surface area contributed by atoms with Gasteiger partial charge >= 0.3 is 0 Å². The Bertz CT molecular complexity index is 1320. The molecule has 4 rings (SSSR count). The van der Waals surface area contributed by atoms with Crippen molar-refractivity contribution in [2.75, 3.05) is 6.61 Å². The van der Waals surface area contributed by atoms with Gasteiger partial charge in [-0.3, -0.25) is 14.6 Å². The Morgan fingerprint density at radius 1 is 1.27 bits per heavy atom. The van der Waals surface area contributed by atoms with Gasteiger partial charge in [0.05, 0.1) is 24.3 Å². The summed E-state index contributed by atoms with van der Waals surface area (Å²) in [4.78, 5) is 31.4. The SMILES string of the molecule is Cn1cc(C(=O)NCc2ccc(Cl)cc2)c(=O)c2cc(COCC(O)c3ccccn3)sc21. The van der Waals surface area contributed by atoms with Crippen molar-refractivity contribution < 1.29 is 14.6 Å². The third-order valence-corrected chi connectivity index (χ3v) is 6.51. The Morgan fingerprint density at radius 2 is 2.06 bits per heavy atom. The molecule has 0 spiro atoms. The van der Waals surface area contributed by atoms with E-state index in [1.165, 1.54) is 11.3 Å². The second-order valence-corrected chi connectivity index (χ2v) is 9.06. The zero-order valence-electron chi connectivity index (χ0n) is 17.8. The molecule has 1 unspecified atom stereocenters. The van der Waals surface area contributed by atoms with Crippen LogP contribution in [-0.4, -0.2) is 27.2 Å². The van der Waals surface area contributed by atoms with Crippen LogP contribution in [0.4, 0.5) is 0 Å². The lowest BCUT2D eigenvalue weighted by Gasteiger charge is -2.09. The molecule has 2 N–H and O–H groups in total. The molecule has 9 heteroatoms. The largest absolute Gasteiger partial charge is 0.384 e. The van der Waals surface area contributed by atoms with Crippen LogP contribution in [0.25, 0.3) is 10.2 Å². The van der Waals surface area contributed by atoms with E-state index in [9.17, 15) is 14.7 Å². The van der Waals surface area contributed by atoms with Crippen molar-refractivity contribution in [2.45, 2.75) is 19.3 Å². The second kappa shape index (κ2) is 10.3. The van der Waals surface area contributed by atoms with Crippen molar-refractivity contribution in [3.05, 3.63) is 97.9 Å². The lowest BCUT2D eigenvalue weighted by atomic mass is 10.2. The number of halogens is 1. The van der Waals surface area contributed by atoms with Gasteiger partial charge in [-0.1, -0.05) is 29.8 Å². The van der Waals surface area contributed by atoms with E-state index < -0.39 is 12.0 Å². The molecular weight excluding hydrogens is 462 g/mol. The summed E-state index contributed by atoms with van der Waals surface area (Å²) in [7, 11) is 1.80. The summed E-state index contributed by atoms with van der Waals surface area (Å²) in [5.41, 5.74) is 1.17. The number of pyridine rings is 2. The van der Waals surface area contributed by atoms with E-state index in [0.29, 0.717) is 22.6 Å². The fraction of sp³-hybridized carbons (Fsp3) is 0.208. The van der Waals surface area contributed by atoms with Crippen molar-refractivity contribution in [3.63, 3.8) is 0 Å². The minimum Gasteiger partial charge on any atom is -0.384 e. The molecule has 0 bridgehead atoms. The zero-order valence-corrected chi connectivity index (χ0v) is 19.4. The van der Waals surface area contributed by atoms with Gasteiger partial charge in [-0.2, -0.15) is 0 Å². The number of amides is 1. The standard InChI is InChI=1S/C24H22ClN3O4S/c1-28-12-19(23(31)27-11-15-5-7-16(25)8-6-15)22(30)18-10-17(33-24(18)28)13-32-14-21(29)20-4-2-3-9-26-20/h2-10,12,21,29H,11,13-14H2,1H3,(H,27,31). The number of rotatable bonds is 8. The Labute approximate surface area is 199 Å². The molecule has 7 nitrogen and oxygen atoms in total. The molecule has 33 heavy (non-hydrogen) atoms. The normalized spacial score (nSPS) is 12.1. The molecule has 0 radical (unpaired) electrons. The number of nitrogens with one attached hydrogen (secondary N) is 1. The molecular formula is C24H22ClN3O4S. The average molecular weight is 484 g/mol. The van der Waals surface area contributed by atoms with Crippen molar-refractivity contribution in [1.29, 1.82) is 0 Å². The second-order valence-electron chi connectivity index (χ2n) is 7.51. The van der Waals surface area contributed by atoms with E-state index in [1.54, 1.807) is 60.4 Å². The summed E-state index contributed by atoms with van der Waals surface area (Å²) in [6, 6.07) is 14.2.